The Labute approximate surface area is 213 Å². The van der Waals surface area contributed by atoms with Gasteiger partial charge in [0.05, 0.1) is 23.6 Å². The zero-order valence-corrected chi connectivity index (χ0v) is 22.7. The van der Waals surface area contributed by atoms with Gasteiger partial charge in [-0.15, -0.1) is 0 Å². The van der Waals surface area contributed by atoms with Gasteiger partial charge in [0.15, 0.2) is 5.69 Å². The predicted octanol–water partition coefficient (Wildman–Crippen LogP) is 3.74. The van der Waals surface area contributed by atoms with Crippen molar-refractivity contribution in [3.05, 3.63) is 40.4 Å². The molecular weight excluding hydrogens is 490 g/mol. The molecule has 0 aliphatic heterocycles. The lowest BCUT2D eigenvalue weighted by atomic mass is 9.84. The Bertz CT molecular complexity index is 1170. The maximum atomic E-state index is 13.0. The van der Waals surface area contributed by atoms with E-state index < -0.39 is 26.6 Å². The van der Waals surface area contributed by atoms with Crippen LogP contribution >= 0.6 is 11.6 Å². The number of benzene rings is 1. The van der Waals surface area contributed by atoms with Crippen LogP contribution in [0.1, 0.15) is 68.3 Å². The molecule has 1 aromatic carbocycles. The first kappa shape index (κ1) is 27.5. The topological polar surface area (TPSA) is 111 Å². The molecule has 1 aliphatic rings. The Balaban J connectivity index is 1.80. The second kappa shape index (κ2) is 10.9. The Morgan fingerprint density at radius 3 is 2.54 bits per heavy atom. The molecular formula is C25H36ClN3O5S. The van der Waals surface area contributed by atoms with E-state index in [2.05, 4.69) is 24.1 Å². The van der Waals surface area contributed by atoms with Crippen molar-refractivity contribution < 1.29 is 23.1 Å². The van der Waals surface area contributed by atoms with E-state index in [-0.39, 0.29) is 17.4 Å². The van der Waals surface area contributed by atoms with Gasteiger partial charge < -0.3 is 15.2 Å². The number of ether oxygens (including phenoxy) is 1. The van der Waals surface area contributed by atoms with Crippen molar-refractivity contribution in [2.75, 3.05) is 19.9 Å². The lowest BCUT2D eigenvalue weighted by Crippen LogP contribution is -2.47. The smallest absolute Gasteiger partial charge is 0.273 e. The third-order valence-electron chi connectivity index (χ3n) is 6.60. The third-order valence-corrected chi connectivity index (χ3v) is 8.63. The minimum Gasteiger partial charge on any atom is -0.495 e. The number of aryl methyl sites for hydroxylation is 1. The van der Waals surface area contributed by atoms with Gasteiger partial charge in [-0.3, -0.25) is 9.36 Å². The van der Waals surface area contributed by atoms with Crippen LogP contribution in [0.2, 0.25) is 5.15 Å². The molecule has 194 valence electrons. The Hall–Kier alpha value is -2.10. The number of halogens is 1. The molecule has 0 saturated heterocycles. The number of nitrogens with zero attached hydrogens (tertiary/aromatic N) is 2. The molecule has 0 bridgehead atoms. The van der Waals surface area contributed by atoms with Crippen molar-refractivity contribution in [3.63, 3.8) is 0 Å². The van der Waals surface area contributed by atoms with E-state index in [1.165, 1.54) is 6.26 Å². The number of aromatic nitrogens is 2. The summed E-state index contributed by atoms with van der Waals surface area (Å²) in [5.41, 5.74) is 0.762. The molecule has 3 rings (SSSR count). The van der Waals surface area contributed by atoms with Crippen molar-refractivity contribution >= 4 is 27.3 Å². The molecule has 1 amide bonds. The number of carbonyl (C=O) groups excluding carboxylic acids is 1. The molecule has 2 N–H and O–H groups in total. The number of nitrogens with one attached hydrogen (secondary N) is 1. The van der Waals surface area contributed by atoms with E-state index in [4.69, 9.17) is 16.3 Å². The lowest BCUT2D eigenvalue weighted by molar-refractivity contribution is 0.00607. The lowest BCUT2D eigenvalue weighted by Gasteiger charge is -2.35. The molecule has 1 saturated carbocycles. The van der Waals surface area contributed by atoms with Crippen LogP contribution < -0.4 is 10.1 Å². The largest absolute Gasteiger partial charge is 0.495 e. The van der Waals surface area contributed by atoms with Crippen LogP contribution in [0.5, 0.6) is 5.75 Å². The van der Waals surface area contributed by atoms with Gasteiger partial charge in [0.1, 0.15) is 26.6 Å². The van der Waals surface area contributed by atoms with Gasteiger partial charge >= 0.3 is 0 Å². The number of imidazole rings is 1. The molecule has 0 radical (unpaired) electrons. The van der Waals surface area contributed by atoms with Crippen molar-refractivity contribution in [2.45, 2.75) is 70.1 Å². The van der Waals surface area contributed by atoms with Crippen molar-refractivity contribution in [3.8, 4) is 11.4 Å². The number of amides is 1. The molecule has 0 spiro atoms. The summed E-state index contributed by atoms with van der Waals surface area (Å²) in [7, 11) is -1.54. The molecule has 1 aromatic heterocycles. The number of methoxy groups -OCH3 is 1. The van der Waals surface area contributed by atoms with Crippen LogP contribution in [-0.2, 0) is 22.7 Å². The number of carbonyl (C=O) groups is 1. The van der Waals surface area contributed by atoms with Gasteiger partial charge in [-0.25, -0.2) is 13.4 Å². The molecule has 2 aromatic rings. The summed E-state index contributed by atoms with van der Waals surface area (Å²) in [5.74, 6) is 1.26. The summed E-state index contributed by atoms with van der Waals surface area (Å²) in [4.78, 5) is 17.5. The Morgan fingerprint density at radius 2 is 2.00 bits per heavy atom. The molecule has 10 heteroatoms. The van der Waals surface area contributed by atoms with E-state index in [9.17, 15) is 18.3 Å². The van der Waals surface area contributed by atoms with Crippen LogP contribution in [0.25, 0.3) is 5.69 Å². The zero-order valence-electron chi connectivity index (χ0n) is 21.1. The maximum Gasteiger partial charge on any atom is 0.273 e. The molecule has 1 heterocycles. The van der Waals surface area contributed by atoms with Gasteiger partial charge in [0, 0.05) is 19.2 Å². The number of hydrogen-bond acceptors (Lipinski definition) is 6. The van der Waals surface area contributed by atoms with Crippen LogP contribution in [0.4, 0.5) is 0 Å². The average molecular weight is 526 g/mol. The summed E-state index contributed by atoms with van der Waals surface area (Å²) < 4.78 is 30.9. The minimum atomic E-state index is -3.14. The quantitative estimate of drug-likeness (QED) is 0.516. The first-order valence-electron chi connectivity index (χ1n) is 12.0. The fourth-order valence-corrected chi connectivity index (χ4v) is 6.05. The fraction of sp³-hybridized carbons (Fsp3) is 0.600. The standard InChI is InChI=1S/C25H36ClN3O5S/c1-6-21-28-22(24(30)27-15-25(31)11-9-18(10-12-25)35(5,32)33)23(26)29(21)19-8-7-17(13-16(2)3)14-20(19)34-4/h7-8,14,16,18,31H,6,9-13,15H2,1-5H3,(H,27,30). The summed E-state index contributed by atoms with van der Waals surface area (Å²) in [6.07, 6.45) is 4.01. The van der Waals surface area contributed by atoms with E-state index in [1.54, 1.807) is 11.7 Å². The second-order valence-electron chi connectivity index (χ2n) is 9.90. The highest BCUT2D eigenvalue weighted by Crippen LogP contribution is 2.33. The molecule has 0 unspecified atom stereocenters. The molecule has 1 aliphatic carbocycles. The summed E-state index contributed by atoms with van der Waals surface area (Å²) in [6.45, 7) is 6.24. The Morgan fingerprint density at radius 1 is 1.34 bits per heavy atom. The van der Waals surface area contributed by atoms with Gasteiger partial charge in [0.25, 0.3) is 5.91 Å². The highest BCUT2D eigenvalue weighted by atomic mass is 35.5. The highest BCUT2D eigenvalue weighted by molar-refractivity contribution is 7.91. The SMILES string of the molecule is CCc1nc(C(=O)NCC2(O)CCC(S(C)(=O)=O)CC2)c(Cl)n1-c1ccc(CC(C)C)cc1OC. The van der Waals surface area contributed by atoms with Crippen LogP contribution in [0, 0.1) is 5.92 Å². The average Bonchev–Trinajstić information content (AvgIpc) is 3.13. The van der Waals surface area contributed by atoms with E-state index in [1.807, 2.05) is 25.1 Å². The molecule has 1 fully saturated rings. The Kier molecular flexibility index (Phi) is 8.55. The third kappa shape index (κ3) is 6.37. The van der Waals surface area contributed by atoms with Crippen LogP contribution in [-0.4, -0.2) is 59.7 Å². The van der Waals surface area contributed by atoms with E-state index in [0.29, 0.717) is 55.3 Å². The molecule has 35 heavy (non-hydrogen) atoms. The predicted molar refractivity (Wildman–Crippen MR) is 137 cm³/mol. The van der Waals surface area contributed by atoms with Gasteiger partial charge in [-0.2, -0.15) is 0 Å². The normalized spacial score (nSPS) is 20.7. The first-order valence-corrected chi connectivity index (χ1v) is 14.4. The number of sulfone groups is 1. The van der Waals surface area contributed by atoms with Crippen LogP contribution in [0.3, 0.4) is 0 Å². The summed E-state index contributed by atoms with van der Waals surface area (Å²) in [6, 6.07) is 5.93. The molecule has 0 atom stereocenters. The molecule has 8 nitrogen and oxygen atoms in total. The van der Waals surface area contributed by atoms with Crippen molar-refractivity contribution in [1.29, 1.82) is 0 Å². The second-order valence-corrected chi connectivity index (χ2v) is 12.6. The van der Waals surface area contributed by atoms with Crippen LogP contribution in [0.15, 0.2) is 18.2 Å². The van der Waals surface area contributed by atoms with Gasteiger partial charge in [0.2, 0.25) is 0 Å². The van der Waals surface area contributed by atoms with E-state index in [0.717, 1.165) is 12.0 Å². The highest BCUT2D eigenvalue weighted by Gasteiger charge is 2.37. The number of hydrogen-bond donors (Lipinski definition) is 2. The maximum absolute atomic E-state index is 13.0. The van der Waals surface area contributed by atoms with E-state index >= 15 is 0 Å². The fourth-order valence-electron chi connectivity index (χ4n) is 4.64. The number of aliphatic hydroxyl groups is 1. The van der Waals surface area contributed by atoms with Crippen molar-refractivity contribution in [2.24, 2.45) is 5.92 Å². The zero-order chi connectivity index (χ0) is 26.0. The van der Waals surface area contributed by atoms with Gasteiger partial charge in [-0.1, -0.05) is 38.4 Å². The minimum absolute atomic E-state index is 0.000181. The first-order chi connectivity index (χ1) is 16.4. The monoisotopic (exact) mass is 525 g/mol. The van der Waals surface area contributed by atoms with Crippen molar-refractivity contribution in [1.82, 2.24) is 14.9 Å². The van der Waals surface area contributed by atoms with Gasteiger partial charge in [-0.05, 0) is 55.7 Å². The number of rotatable bonds is 9. The summed E-state index contributed by atoms with van der Waals surface area (Å²) >= 11 is 6.67. The summed E-state index contributed by atoms with van der Waals surface area (Å²) in [5, 5.41) is 13.3.